The number of hydrogen-bond donors (Lipinski definition) is 2. The predicted octanol–water partition coefficient (Wildman–Crippen LogP) is -0.487. The molecule has 3 aliphatic rings. The molecule has 2 saturated heterocycles. The van der Waals surface area contributed by atoms with Gasteiger partial charge in [0, 0.05) is 38.6 Å². The van der Waals surface area contributed by atoms with E-state index in [-0.39, 0.29) is 25.2 Å². The summed E-state index contributed by atoms with van der Waals surface area (Å²) in [7, 11) is -3.30. The lowest BCUT2D eigenvalue weighted by Crippen LogP contribution is -2.47. The van der Waals surface area contributed by atoms with Crippen LogP contribution in [0.25, 0.3) is 0 Å². The summed E-state index contributed by atoms with van der Waals surface area (Å²) in [5, 5.41) is 6.20. The number of carbonyl (C=O) groups is 1. The van der Waals surface area contributed by atoms with Crippen LogP contribution in [0.3, 0.4) is 0 Å². The van der Waals surface area contributed by atoms with Crippen LogP contribution in [0.4, 0.5) is 0 Å². The smallest absolute Gasteiger partial charge is 0.231 e. The second-order valence-electron chi connectivity index (χ2n) is 6.91. The molecule has 9 heteroatoms. The molecule has 2 atom stereocenters. The van der Waals surface area contributed by atoms with Crippen LogP contribution < -0.4 is 20.1 Å². The Morgan fingerprint density at radius 1 is 1.40 bits per heavy atom. The fraction of sp³-hybridized carbons (Fsp3) is 0.562. The van der Waals surface area contributed by atoms with Crippen molar-refractivity contribution in [1.29, 1.82) is 0 Å². The Balaban J connectivity index is 1.47. The van der Waals surface area contributed by atoms with Gasteiger partial charge in [-0.3, -0.25) is 4.79 Å². The molecule has 0 radical (unpaired) electrons. The van der Waals surface area contributed by atoms with Crippen LogP contribution in [-0.4, -0.2) is 57.9 Å². The van der Waals surface area contributed by atoms with Gasteiger partial charge < -0.3 is 20.1 Å². The minimum Gasteiger partial charge on any atom is -0.454 e. The first kappa shape index (κ1) is 16.6. The maximum atomic E-state index is 12.9. The Hall–Kier alpha value is -1.84. The molecular formula is C16H21N3O5S. The topological polar surface area (TPSA) is 97.0 Å². The SMILES string of the molecule is CS(=O)(=O)N1C[C@H]2CNC[C@@]2(C(=O)NCc2ccc3c(c2)OCO3)C1. The van der Waals surface area contributed by atoms with Crippen molar-refractivity contribution >= 4 is 15.9 Å². The highest BCUT2D eigenvalue weighted by atomic mass is 32.2. The summed E-state index contributed by atoms with van der Waals surface area (Å²) in [6.07, 6.45) is 1.19. The number of fused-ring (bicyclic) bond motifs is 2. The average Bonchev–Trinajstić information content (AvgIpc) is 3.24. The first-order valence-electron chi connectivity index (χ1n) is 8.21. The van der Waals surface area contributed by atoms with Gasteiger partial charge in [0.25, 0.3) is 0 Å². The maximum Gasteiger partial charge on any atom is 0.231 e. The third-order valence-electron chi connectivity index (χ3n) is 5.31. The minimum atomic E-state index is -3.30. The van der Waals surface area contributed by atoms with Gasteiger partial charge in [0.05, 0.1) is 11.7 Å². The average molecular weight is 367 g/mol. The highest BCUT2D eigenvalue weighted by Crippen LogP contribution is 2.40. The highest BCUT2D eigenvalue weighted by molar-refractivity contribution is 7.88. The molecule has 8 nitrogen and oxygen atoms in total. The molecule has 1 amide bonds. The highest BCUT2D eigenvalue weighted by Gasteiger charge is 2.56. The fourth-order valence-corrected chi connectivity index (χ4v) is 4.77. The molecule has 3 aliphatic heterocycles. The molecule has 0 aliphatic carbocycles. The quantitative estimate of drug-likeness (QED) is 0.746. The molecule has 0 aromatic heterocycles. The third kappa shape index (κ3) is 2.86. The van der Waals surface area contributed by atoms with Crippen LogP contribution in [0.2, 0.25) is 0 Å². The molecule has 3 heterocycles. The largest absolute Gasteiger partial charge is 0.454 e. The summed E-state index contributed by atoms with van der Waals surface area (Å²) in [4.78, 5) is 12.9. The zero-order valence-corrected chi connectivity index (χ0v) is 14.8. The number of sulfonamides is 1. The Bertz CT molecular complexity index is 812. The normalized spacial score (nSPS) is 28.1. The lowest BCUT2D eigenvalue weighted by atomic mass is 9.80. The number of nitrogens with one attached hydrogen (secondary N) is 2. The van der Waals surface area contributed by atoms with E-state index in [0.717, 1.165) is 5.56 Å². The molecule has 1 aromatic carbocycles. The number of carbonyl (C=O) groups excluding carboxylic acids is 1. The van der Waals surface area contributed by atoms with E-state index < -0.39 is 15.4 Å². The minimum absolute atomic E-state index is 0.000945. The molecule has 0 unspecified atom stereocenters. The molecular weight excluding hydrogens is 346 g/mol. The van der Waals surface area contributed by atoms with Crippen molar-refractivity contribution in [3.63, 3.8) is 0 Å². The summed E-state index contributed by atoms with van der Waals surface area (Å²) < 4.78 is 35.8. The van der Waals surface area contributed by atoms with Crippen LogP contribution in [0, 0.1) is 11.3 Å². The monoisotopic (exact) mass is 367 g/mol. The van der Waals surface area contributed by atoms with Gasteiger partial charge in [-0.15, -0.1) is 0 Å². The zero-order valence-electron chi connectivity index (χ0n) is 13.9. The summed E-state index contributed by atoms with van der Waals surface area (Å²) in [5.74, 6) is 1.27. The number of amides is 1. The molecule has 25 heavy (non-hydrogen) atoms. The Morgan fingerprint density at radius 3 is 3.00 bits per heavy atom. The van der Waals surface area contributed by atoms with Gasteiger partial charge in [-0.1, -0.05) is 6.07 Å². The number of benzene rings is 1. The second kappa shape index (κ2) is 5.86. The van der Waals surface area contributed by atoms with Gasteiger partial charge in [-0.25, -0.2) is 12.7 Å². The molecule has 136 valence electrons. The van der Waals surface area contributed by atoms with Gasteiger partial charge >= 0.3 is 0 Å². The van der Waals surface area contributed by atoms with Gasteiger partial charge in [-0.05, 0) is 17.7 Å². The van der Waals surface area contributed by atoms with Crippen LogP contribution in [0.1, 0.15) is 5.56 Å². The summed E-state index contributed by atoms with van der Waals surface area (Å²) >= 11 is 0. The van der Waals surface area contributed by atoms with Crippen molar-refractivity contribution in [3.05, 3.63) is 23.8 Å². The second-order valence-corrected chi connectivity index (χ2v) is 8.89. The number of rotatable bonds is 4. The van der Waals surface area contributed by atoms with Gasteiger partial charge in [0.1, 0.15) is 0 Å². The Morgan fingerprint density at radius 2 is 2.20 bits per heavy atom. The van der Waals surface area contributed by atoms with Crippen molar-refractivity contribution in [3.8, 4) is 11.5 Å². The van der Waals surface area contributed by atoms with E-state index in [2.05, 4.69) is 10.6 Å². The zero-order chi connectivity index (χ0) is 17.7. The van der Waals surface area contributed by atoms with Crippen LogP contribution in [0.15, 0.2) is 18.2 Å². The summed E-state index contributed by atoms with van der Waals surface area (Å²) in [6, 6.07) is 5.55. The predicted molar refractivity (Wildman–Crippen MR) is 89.6 cm³/mol. The van der Waals surface area contributed by atoms with Crippen molar-refractivity contribution in [2.75, 3.05) is 39.2 Å². The van der Waals surface area contributed by atoms with Crippen molar-refractivity contribution in [1.82, 2.24) is 14.9 Å². The van der Waals surface area contributed by atoms with E-state index in [1.165, 1.54) is 10.6 Å². The number of hydrogen-bond acceptors (Lipinski definition) is 6. The van der Waals surface area contributed by atoms with Gasteiger partial charge in [0.2, 0.25) is 22.7 Å². The fourth-order valence-electron chi connectivity index (χ4n) is 3.86. The first-order valence-corrected chi connectivity index (χ1v) is 10.1. The molecule has 0 saturated carbocycles. The van der Waals surface area contributed by atoms with Crippen LogP contribution in [-0.2, 0) is 21.4 Å². The van der Waals surface area contributed by atoms with E-state index in [0.29, 0.717) is 37.7 Å². The lowest BCUT2D eigenvalue weighted by molar-refractivity contribution is -0.130. The van der Waals surface area contributed by atoms with E-state index in [1.807, 2.05) is 18.2 Å². The number of nitrogens with zero attached hydrogens (tertiary/aromatic N) is 1. The van der Waals surface area contributed by atoms with Gasteiger partial charge in [-0.2, -0.15) is 0 Å². The summed E-state index contributed by atoms with van der Waals surface area (Å²) in [5.41, 5.74) is 0.217. The van der Waals surface area contributed by atoms with Crippen molar-refractivity contribution in [2.24, 2.45) is 11.3 Å². The van der Waals surface area contributed by atoms with Crippen molar-refractivity contribution in [2.45, 2.75) is 6.54 Å². The van der Waals surface area contributed by atoms with E-state index >= 15 is 0 Å². The first-order chi connectivity index (χ1) is 11.9. The van der Waals surface area contributed by atoms with Crippen LogP contribution >= 0.6 is 0 Å². The van der Waals surface area contributed by atoms with Crippen molar-refractivity contribution < 1.29 is 22.7 Å². The standard InChI is InChI=1S/C16H21N3O5S/c1-25(21,22)19-7-12-6-17-8-16(12,9-19)15(20)18-5-11-2-3-13-14(4-11)24-10-23-13/h2-4,12,17H,5-10H2,1H3,(H,18,20)/t12-,16-/m1/s1. The maximum absolute atomic E-state index is 12.9. The molecule has 0 spiro atoms. The summed E-state index contributed by atoms with van der Waals surface area (Å²) in [6.45, 7) is 2.35. The molecule has 2 N–H and O–H groups in total. The third-order valence-corrected chi connectivity index (χ3v) is 6.52. The Labute approximate surface area is 146 Å². The van der Waals surface area contributed by atoms with E-state index in [9.17, 15) is 13.2 Å². The van der Waals surface area contributed by atoms with Gasteiger partial charge in [0.15, 0.2) is 11.5 Å². The number of ether oxygens (including phenoxy) is 2. The Kier molecular flexibility index (Phi) is 3.89. The van der Waals surface area contributed by atoms with E-state index in [4.69, 9.17) is 9.47 Å². The molecule has 1 aromatic rings. The molecule has 0 bridgehead atoms. The van der Waals surface area contributed by atoms with Crippen LogP contribution in [0.5, 0.6) is 11.5 Å². The molecule has 2 fully saturated rings. The molecule has 4 rings (SSSR count). The lowest BCUT2D eigenvalue weighted by Gasteiger charge is -2.26. The van der Waals surface area contributed by atoms with E-state index in [1.54, 1.807) is 0 Å².